The first-order valence-corrected chi connectivity index (χ1v) is 8.41. The van der Waals surface area contributed by atoms with Gasteiger partial charge in [0.05, 0.1) is 0 Å². The van der Waals surface area contributed by atoms with E-state index in [9.17, 15) is 4.79 Å². The summed E-state index contributed by atoms with van der Waals surface area (Å²) in [7, 11) is 2.17. The van der Waals surface area contributed by atoms with E-state index in [1.165, 1.54) is 0 Å². The van der Waals surface area contributed by atoms with Gasteiger partial charge in [0.15, 0.2) is 0 Å². The van der Waals surface area contributed by atoms with Crippen LogP contribution in [0.4, 0.5) is 0 Å². The van der Waals surface area contributed by atoms with Crippen molar-refractivity contribution in [3.05, 3.63) is 0 Å². The number of amides is 1. The molecule has 0 aromatic rings. The highest BCUT2D eigenvalue weighted by atomic mass is 16.5. The molecule has 2 saturated heterocycles. The predicted octanol–water partition coefficient (Wildman–Crippen LogP) is 0.899. The van der Waals surface area contributed by atoms with Crippen LogP contribution < -0.4 is 0 Å². The SMILES string of the molecule is CC1CCN(C(=O)COCCCN2CCN(C)CC2)CC1. The van der Waals surface area contributed by atoms with E-state index >= 15 is 0 Å². The number of carbonyl (C=O) groups excluding carboxylic acids is 1. The first kappa shape index (κ1) is 16.7. The van der Waals surface area contributed by atoms with Gasteiger partial charge in [0, 0.05) is 52.4 Å². The van der Waals surface area contributed by atoms with E-state index in [1.54, 1.807) is 0 Å². The van der Waals surface area contributed by atoms with E-state index in [4.69, 9.17) is 4.74 Å². The van der Waals surface area contributed by atoms with Gasteiger partial charge in [-0.15, -0.1) is 0 Å². The highest BCUT2D eigenvalue weighted by Gasteiger charge is 2.20. The molecule has 2 heterocycles. The second kappa shape index (κ2) is 8.71. The molecule has 2 fully saturated rings. The summed E-state index contributed by atoms with van der Waals surface area (Å²) in [5.74, 6) is 0.931. The van der Waals surface area contributed by atoms with Crippen LogP contribution in [0.3, 0.4) is 0 Å². The smallest absolute Gasteiger partial charge is 0.248 e. The molecule has 0 aromatic carbocycles. The van der Waals surface area contributed by atoms with Crippen molar-refractivity contribution >= 4 is 5.91 Å². The summed E-state index contributed by atoms with van der Waals surface area (Å²) < 4.78 is 5.56. The minimum Gasteiger partial charge on any atom is -0.372 e. The Labute approximate surface area is 129 Å². The lowest BCUT2D eigenvalue weighted by Crippen LogP contribution is -2.44. The lowest BCUT2D eigenvalue weighted by atomic mass is 9.99. The fourth-order valence-corrected chi connectivity index (χ4v) is 2.97. The predicted molar refractivity (Wildman–Crippen MR) is 84.4 cm³/mol. The van der Waals surface area contributed by atoms with Crippen molar-refractivity contribution in [3.8, 4) is 0 Å². The Bertz CT molecular complexity index is 309. The maximum Gasteiger partial charge on any atom is 0.248 e. The second-order valence-corrected chi connectivity index (χ2v) is 6.61. The maximum absolute atomic E-state index is 12.0. The third kappa shape index (κ3) is 5.93. The molecule has 0 aliphatic carbocycles. The van der Waals surface area contributed by atoms with Crippen molar-refractivity contribution in [3.63, 3.8) is 0 Å². The van der Waals surface area contributed by atoms with Crippen molar-refractivity contribution in [1.82, 2.24) is 14.7 Å². The van der Waals surface area contributed by atoms with Gasteiger partial charge in [-0.05, 0) is 32.2 Å². The number of nitrogens with zero attached hydrogens (tertiary/aromatic N) is 3. The van der Waals surface area contributed by atoms with Gasteiger partial charge < -0.3 is 19.4 Å². The summed E-state index contributed by atoms with van der Waals surface area (Å²) in [6, 6.07) is 0. The monoisotopic (exact) mass is 297 g/mol. The molecule has 0 bridgehead atoms. The minimum atomic E-state index is 0.168. The number of ether oxygens (including phenoxy) is 1. The Morgan fingerprint density at radius 1 is 1.10 bits per heavy atom. The summed E-state index contributed by atoms with van der Waals surface area (Å²) in [6.07, 6.45) is 3.29. The van der Waals surface area contributed by atoms with Crippen molar-refractivity contribution in [2.75, 3.05) is 66.1 Å². The van der Waals surface area contributed by atoms with Crippen molar-refractivity contribution in [1.29, 1.82) is 0 Å². The molecule has 0 unspecified atom stereocenters. The Balaban J connectivity index is 1.48. The average molecular weight is 297 g/mol. The quantitative estimate of drug-likeness (QED) is 0.683. The zero-order chi connectivity index (χ0) is 15.1. The molecule has 0 atom stereocenters. The highest BCUT2D eigenvalue weighted by molar-refractivity contribution is 5.77. The maximum atomic E-state index is 12.0. The first-order chi connectivity index (χ1) is 10.1. The molecule has 21 heavy (non-hydrogen) atoms. The molecule has 0 N–H and O–H groups in total. The third-order valence-electron chi connectivity index (χ3n) is 4.72. The van der Waals surface area contributed by atoms with E-state index in [0.717, 1.165) is 71.0 Å². The summed E-state index contributed by atoms with van der Waals surface area (Å²) in [5, 5.41) is 0. The lowest BCUT2D eigenvalue weighted by Gasteiger charge is -2.32. The van der Waals surface area contributed by atoms with Crippen LogP contribution in [0, 0.1) is 5.92 Å². The van der Waals surface area contributed by atoms with Gasteiger partial charge in [0.25, 0.3) is 0 Å². The van der Waals surface area contributed by atoms with Gasteiger partial charge in [-0.1, -0.05) is 6.92 Å². The van der Waals surface area contributed by atoms with Gasteiger partial charge in [0.1, 0.15) is 6.61 Å². The fourth-order valence-electron chi connectivity index (χ4n) is 2.97. The van der Waals surface area contributed by atoms with Gasteiger partial charge >= 0.3 is 0 Å². The molecule has 0 aromatic heterocycles. The number of rotatable bonds is 6. The van der Waals surface area contributed by atoms with E-state index in [0.29, 0.717) is 6.61 Å². The van der Waals surface area contributed by atoms with E-state index < -0.39 is 0 Å². The molecule has 0 spiro atoms. The first-order valence-electron chi connectivity index (χ1n) is 8.41. The number of piperidine rings is 1. The number of piperazine rings is 1. The van der Waals surface area contributed by atoms with Gasteiger partial charge in [-0.2, -0.15) is 0 Å². The van der Waals surface area contributed by atoms with Crippen LogP contribution in [-0.2, 0) is 9.53 Å². The van der Waals surface area contributed by atoms with E-state index in [2.05, 4.69) is 23.8 Å². The number of hydrogen-bond acceptors (Lipinski definition) is 4. The Morgan fingerprint density at radius 2 is 1.76 bits per heavy atom. The summed E-state index contributed by atoms with van der Waals surface area (Å²) in [4.78, 5) is 18.8. The normalized spacial score (nSPS) is 22.7. The van der Waals surface area contributed by atoms with Crippen LogP contribution in [0.2, 0.25) is 0 Å². The number of hydrogen-bond donors (Lipinski definition) is 0. The fraction of sp³-hybridized carbons (Fsp3) is 0.938. The Morgan fingerprint density at radius 3 is 2.43 bits per heavy atom. The molecule has 0 radical (unpaired) electrons. The van der Waals surface area contributed by atoms with Gasteiger partial charge in [-0.3, -0.25) is 4.79 Å². The van der Waals surface area contributed by atoms with Gasteiger partial charge in [0.2, 0.25) is 5.91 Å². The van der Waals surface area contributed by atoms with Crippen LogP contribution in [-0.4, -0.2) is 86.7 Å². The molecule has 122 valence electrons. The number of carbonyl (C=O) groups is 1. The molecule has 2 aliphatic heterocycles. The third-order valence-corrected chi connectivity index (χ3v) is 4.72. The van der Waals surface area contributed by atoms with Crippen LogP contribution in [0.15, 0.2) is 0 Å². The highest BCUT2D eigenvalue weighted by Crippen LogP contribution is 2.15. The van der Waals surface area contributed by atoms with Crippen LogP contribution in [0.1, 0.15) is 26.2 Å². The molecule has 5 heteroatoms. The minimum absolute atomic E-state index is 0.168. The van der Waals surface area contributed by atoms with Crippen molar-refractivity contribution in [2.24, 2.45) is 5.92 Å². The molecule has 0 saturated carbocycles. The molecule has 5 nitrogen and oxygen atoms in total. The topological polar surface area (TPSA) is 36.0 Å². The van der Waals surface area contributed by atoms with Crippen LogP contribution in [0.25, 0.3) is 0 Å². The zero-order valence-corrected chi connectivity index (χ0v) is 13.7. The van der Waals surface area contributed by atoms with E-state index in [1.807, 2.05) is 4.90 Å². The average Bonchev–Trinajstić information content (AvgIpc) is 2.49. The zero-order valence-electron chi connectivity index (χ0n) is 13.7. The van der Waals surface area contributed by atoms with E-state index in [-0.39, 0.29) is 12.5 Å². The standard InChI is InChI=1S/C16H31N3O2/c1-15-4-7-19(8-5-15)16(20)14-21-13-3-6-18-11-9-17(2)10-12-18/h15H,3-14H2,1-2H3. The number of likely N-dealkylation sites (N-methyl/N-ethyl adjacent to an activating group) is 1. The molecule has 2 rings (SSSR count). The largest absolute Gasteiger partial charge is 0.372 e. The molecule has 2 aliphatic rings. The van der Waals surface area contributed by atoms with Crippen molar-refractivity contribution in [2.45, 2.75) is 26.2 Å². The summed E-state index contributed by atoms with van der Waals surface area (Å²) in [5.41, 5.74) is 0. The second-order valence-electron chi connectivity index (χ2n) is 6.61. The number of likely N-dealkylation sites (tertiary alicyclic amines) is 1. The van der Waals surface area contributed by atoms with Crippen molar-refractivity contribution < 1.29 is 9.53 Å². The lowest BCUT2D eigenvalue weighted by molar-refractivity contribution is -0.137. The summed E-state index contributed by atoms with van der Waals surface area (Å²) in [6.45, 7) is 10.7. The molecule has 1 amide bonds. The van der Waals surface area contributed by atoms with Crippen LogP contribution >= 0.6 is 0 Å². The van der Waals surface area contributed by atoms with Crippen LogP contribution in [0.5, 0.6) is 0 Å². The summed E-state index contributed by atoms with van der Waals surface area (Å²) >= 11 is 0. The molecular formula is C16H31N3O2. The molecular weight excluding hydrogens is 266 g/mol. The Hall–Kier alpha value is -0.650. The Kier molecular flexibility index (Phi) is 6.93. The van der Waals surface area contributed by atoms with Gasteiger partial charge in [-0.25, -0.2) is 0 Å².